The van der Waals surface area contributed by atoms with Crippen molar-refractivity contribution in [2.45, 2.75) is 16.7 Å². The van der Waals surface area contributed by atoms with Crippen molar-refractivity contribution in [2.24, 2.45) is 10.2 Å². The maximum atomic E-state index is 11.8. The van der Waals surface area contributed by atoms with Gasteiger partial charge in [-0.05, 0) is 48.9 Å². The predicted molar refractivity (Wildman–Crippen MR) is 110 cm³/mol. The zero-order chi connectivity index (χ0) is 20.7. The SMILES string of the molecule is Cc1cc(N)ccc1N=Nc1cc(S(=O)(=O)O)c2cccc(S(=O)(=O)O)c2c1.[NaH]. The summed E-state index contributed by atoms with van der Waals surface area (Å²) < 4.78 is 65.8. The van der Waals surface area contributed by atoms with Gasteiger partial charge in [0, 0.05) is 16.5 Å². The van der Waals surface area contributed by atoms with Crippen molar-refractivity contribution in [3.05, 3.63) is 54.1 Å². The van der Waals surface area contributed by atoms with E-state index in [9.17, 15) is 25.9 Å². The van der Waals surface area contributed by atoms with Crippen molar-refractivity contribution in [3.8, 4) is 0 Å². The fourth-order valence-electron chi connectivity index (χ4n) is 2.71. The summed E-state index contributed by atoms with van der Waals surface area (Å²) in [5.41, 5.74) is 7.36. The fourth-order valence-corrected chi connectivity index (χ4v) is 4.13. The van der Waals surface area contributed by atoms with Gasteiger partial charge in [-0.2, -0.15) is 27.1 Å². The molecule has 0 saturated carbocycles. The third-order valence-electron chi connectivity index (χ3n) is 3.95. The molecule has 0 atom stereocenters. The average Bonchev–Trinajstić information content (AvgIpc) is 2.58. The summed E-state index contributed by atoms with van der Waals surface area (Å²) in [5, 5.41) is 7.76. The van der Waals surface area contributed by atoms with E-state index >= 15 is 0 Å². The minimum atomic E-state index is -4.71. The number of nitrogens with two attached hydrogens (primary N) is 1. The summed E-state index contributed by atoms with van der Waals surface area (Å²) in [6, 6.07) is 10.9. The second kappa shape index (κ2) is 8.48. The van der Waals surface area contributed by atoms with E-state index < -0.39 is 30.0 Å². The van der Waals surface area contributed by atoms with Crippen LogP contribution in [0.3, 0.4) is 0 Å². The first-order valence-corrected chi connectivity index (χ1v) is 10.6. The molecule has 0 aliphatic rings. The first-order chi connectivity index (χ1) is 13.0. The van der Waals surface area contributed by atoms with Crippen LogP contribution in [0.1, 0.15) is 5.56 Å². The maximum absolute atomic E-state index is 11.8. The monoisotopic (exact) mass is 445 g/mol. The summed E-state index contributed by atoms with van der Waals surface area (Å²) in [7, 11) is -9.36. The Morgan fingerprint density at radius 2 is 1.48 bits per heavy atom. The van der Waals surface area contributed by atoms with Gasteiger partial charge in [0.1, 0.15) is 9.79 Å². The van der Waals surface area contributed by atoms with E-state index in [4.69, 9.17) is 5.73 Å². The molecule has 3 rings (SSSR count). The summed E-state index contributed by atoms with van der Waals surface area (Å²) >= 11 is 0. The first kappa shape index (κ1) is 23.4. The van der Waals surface area contributed by atoms with Crippen LogP contribution in [0, 0.1) is 6.92 Å². The summed E-state index contributed by atoms with van der Waals surface area (Å²) in [4.78, 5) is -1.07. The van der Waals surface area contributed by atoms with Crippen LogP contribution < -0.4 is 5.73 Å². The summed E-state index contributed by atoms with van der Waals surface area (Å²) in [6.07, 6.45) is 0. The molecule has 0 radical (unpaired) electrons. The van der Waals surface area contributed by atoms with Crippen LogP contribution in [0.5, 0.6) is 0 Å². The number of anilines is 1. The molecule has 0 amide bonds. The van der Waals surface area contributed by atoms with Gasteiger partial charge in [-0.15, -0.1) is 0 Å². The number of azo groups is 1. The molecular formula is C17H16N3NaO6S2. The van der Waals surface area contributed by atoms with Crippen molar-refractivity contribution in [2.75, 3.05) is 5.73 Å². The Morgan fingerprint density at radius 3 is 2.07 bits per heavy atom. The standard InChI is InChI=1S/C17H15N3O6S2.Na.H/c1-10-7-11(18)5-6-15(10)20-19-12-8-14-13(17(9-12)28(24,25)26)3-2-4-16(14)27(21,22)23;;/h2-9H,18H2,1H3,(H,21,22,23)(H,24,25,26);;. The number of aryl methyl sites for hydroxylation is 1. The van der Waals surface area contributed by atoms with Gasteiger partial charge in [-0.25, -0.2) is 0 Å². The van der Waals surface area contributed by atoms with Crippen LogP contribution in [-0.4, -0.2) is 55.5 Å². The van der Waals surface area contributed by atoms with Crippen molar-refractivity contribution in [3.63, 3.8) is 0 Å². The topological polar surface area (TPSA) is 159 Å². The number of hydrogen-bond donors (Lipinski definition) is 3. The molecule has 0 saturated heterocycles. The Morgan fingerprint density at radius 1 is 0.828 bits per heavy atom. The van der Waals surface area contributed by atoms with Gasteiger partial charge in [-0.1, -0.05) is 12.1 Å². The number of fused-ring (bicyclic) bond motifs is 1. The van der Waals surface area contributed by atoms with Gasteiger partial charge < -0.3 is 5.73 Å². The van der Waals surface area contributed by atoms with Gasteiger partial charge >= 0.3 is 29.6 Å². The Balaban J connectivity index is 0.00000300. The van der Waals surface area contributed by atoms with Gasteiger partial charge in [0.25, 0.3) is 20.2 Å². The number of benzene rings is 3. The Hall–Kier alpha value is -1.86. The molecule has 29 heavy (non-hydrogen) atoms. The molecule has 0 aliphatic heterocycles. The predicted octanol–water partition coefficient (Wildman–Crippen LogP) is 2.99. The van der Waals surface area contributed by atoms with Gasteiger partial charge in [-0.3, -0.25) is 9.11 Å². The second-order valence-electron chi connectivity index (χ2n) is 5.99. The molecular weight excluding hydrogens is 429 g/mol. The van der Waals surface area contributed by atoms with Crippen molar-refractivity contribution < 1.29 is 25.9 Å². The molecule has 4 N–H and O–H groups in total. The van der Waals surface area contributed by atoms with Crippen molar-refractivity contribution >= 4 is 77.6 Å². The summed E-state index contributed by atoms with van der Waals surface area (Å²) in [6.45, 7) is 1.76. The van der Waals surface area contributed by atoms with Crippen LogP contribution in [0.25, 0.3) is 10.8 Å². The van der Waals surface area contributed by atoms with E-state index in [2.05, 4.69) is 10.2 Å². The van der Waals surface area contributed by atoms with E-state index in [1.54, 1.807) is 25.1 Å². The number of nitrogen functional groups attached to an aromatic ring is 1. The normalized spacial score (nSPS) is 12.2. The van der Waals surface area contributed by atoms with Crippen LogP contribution in [-0.2, 0) is 20.2 Å². The van der Waals surface area contributed by atoms with E-state index in [0.29, 0.717) is 11.4 Å². The molecule has 0 fully saturated rings. The Labute approximate surface area is 189 Å². The van der Waals surface area contributed by atoms with Gasteiger partial charge in [0.15, 0.2) is 0 Å². The average molecular weight is 445 g/mol. The zero-order valence-electron chi connectivity index (χ0n) is 14.4. The first-order valence-electron chi connectivity index (χ1n) is 7.76. The molecule has 9 nitrogen and oxygen atoms in total. The van der Waals surface area contributed by atoms with Crippen LogP contribution in [0.4, 0.5) is 17.1 Å². The fraction of sp³-hybridized carbons (Fsp3) is 0.0588. The number of rotatable bonds is 4. The molecule has 0 aliphatic carbocycles. The molecule has 0 spiro atoms. The number of nitrogens with zero attached hydrogens (tertiary/aromatic N) is 2. The number of hydrogen-bond acceptors (Lipinski definition) is 7. The Kier molecular flexibility index (Phi) is 6.85. The zero-order valence-corrected chi connectivity index (χ0v) is 16.1. The van der Waals surface area contributed by atoms with Gasteiger partial charge in [0.05, 0.1) is 11.4 Å². The minimum absolute atomic E-state index is 0. The van der Waals surface area contributed by atoms with Crippen LogP contribution in [0.2, 0.25) is 0 Å². The molecule has 3 aromatic rings. The third kappa shape index (κ3) is 5.20. The summed E-state index contributed by atoms with van der Waals surface area (Å²) in [5.74, 6) is 0. The molecule has 12 heteroatoms. The van der Waals surface area contributed by atoms with E-state index in [0.717, 1.165) is 17.7 Å². The van der Waals surface area contributed by atoms with Gasteiger partial charge in [0.2, 0.25) is 0 Å². The molecule has 0 heterocycles. The third-order valence-corrected chi connectivity index (χ3v) is 5.76. The van der Waals surface area contributed by atoms with Crippen molar-refractivity contribution in [1.29, 1.82) is 0 Å². The van der Waals surface area contributed by atoms with E-state index in [-0.39, 0.29) is 46.0 Å². The molecule has 0 bridgehead atoms. The molecule has 0 unspecified atom stereocenters. The molecule has 3 aromatic carbocycles. The second-order valence-corrected chi connectivity index (χ2v) is 8.77. The van der Waals surface area contributed by atoms with E-state index in [1.807, 2.05) is 0 Å². The van der Waals surface area contributed by atoms with Crippen molar-refractivity contribution in [1.82, 2.24) is 0 Å². The van der Waals surface area contributed by atoms with Crippen LogP contribution >= 0.6 is 0 Å². The molecule has 0 aromatic heterocycles. The Bertz CT molecular complexity index is 1340. The molecule has 148 valence electrons. The van der Waals surface area contributed by atoms with E-state index in [1.165, 1.54) is 18.2 Å². The van der Waals surface area contributed by atoms with Crippen LogP contribution in [0.15, 0.2) is 68.6 Å². The quantitative estimate of drug-likeness (QED) is 0.241.